The van der Waals surface area contributed by atoms with Gasteiger partial charge in [0.15, 0.2) is 5.96 Å². The number of nitrogens with one attached hydrogen (secondary N) is 2. The topological polar surface area (TPSA) is 48.9 Å². The highest BCUT2D eigenvalue weighted by molar-refractivity contribution is 5.79. The van der Waals surface area contributed by atoms with Gasteiger partial charge < -0.3 is 15.4 Å². The van der Waals surface area contributed by atoms with Crippen molar-refractivity contribution in [3.8, 4) is 0 Å². The van der Waals surface area contributed by atoms with Gasteiger partial charge in [0.25, 0.3) is 0 Å². The minimum Gasteiger partial charge on any atom is -0.382 e. The monoisotopic (exact) mass is 346 g/mol. The van der Waals surface area contributed by atoms with E-state index in [2.05, 4.69) is 51.7 Å². The number of unbranched alkanes of at least 4 members (excludes halogenated alkanes) is 1. The summed E-state index contributed by atoms with van der Waals surface area (Å²) in [5.74, 6) is 0.927. The molecule has 1 aromatic carbocycles. The zero-order valence-electron chi connectivity index (χ0n) is 15.9. The fourth-order valence-corrected chi connectivity index (χ4v) is 3.07. The Bertz CT molecular complexity index is 518. The lowest BCUT2D eigenvalue weighted by atomic mass is 10.00. The van der Waals surface area contributed by atoms with Gasteiger partial charge in [-0.1, -0.05) is 24.3 Å². The van der Waals surface area contributed by atoms with Gasteiger partial charge in [0.2, 0.25) is 0 Å². The first-order chi connectivity index (χ1) is 12.3. The zero-order valence-corrected chi connectivity index (χ0v) is 15.9. The Kier molecular flexibility index (Phi) is 9.37. The van der Waals surface area contributed by atoms with Gasteiger partial charge in [0, 0.05) is 52.5 Å². The molecule has 0 unspecified atom stereocenters. The fourth-order valence-electron chi connectivity index (χ4n) is 3.07. The lowest BCUT2D eigenvalue weighted by Gasteiger charge is -2.28. The molecule has 1 aliphatic heterocycles. The van der Waals surface area contributed by atoms with E-state index in [0.29, 0.717) is 0 Å². The first kappa shape index (κ1) is 19.7. The number of hydrogen-bond donors (Lipinski definition) is 2. The van der Waals surface area contributed by atoms with Gasteiger partial charge in [-0.05, 0) is 44.2 Å². The van der Waals surface area contributed by atoms with Gasteiger partial charge in [0.05, 0.1) is 0 Å². The van der Waals surface area contributed by atoms with Crippen molar-refractivity contribution in [1.29, 1.82) is 0 Å². The van der Waals surface area contributed by atoms with E-state index in [-0.39, 0.29) is 0 Å². The molecular weight excluding hydrogens is 312 g/mol. The Labute approximate surface area is 152 Å². The highest BCUT2D eigenvalue weighted by Crippen LogP contribution is 2.17. The highest BCUT2D eigenvalue weighted by Gasteiger charge is 2.14. The number of fused-ring (bicyclic) bond motifs is 1. The van der Waals surface area contributed by atoms with Crippen molar-refractivity contribution in [2.45, 2.75) is 39.7 Å². The number of benzene rings is 1. The second-order valence-corrected chi connectivity index (χ2v) is 6.39. The van der Waals surface area contributed by atoms with Gasteiger partial charge in [-0.25, -0.2) is 0 Å². The first-order valence-electron chi connectivity index (χ1n) is 9.72. The molecule has 0 bridgehead atoms. The summed E-state index contributed by atoms with van der Waals surface area (Å²) >= 11 is 0. The second kappa shape index (κ2) is 11.9. The molecule has 0 fully saturated rings. The number of ether oxygens (including phenoxy) is 1. The van der Waals surface area contributed by atoms with E-state index in [9.17, 15) is 0 Å². The van der Waals surface area contributed by atoms with Crippen molar-refractivity contribution < 1.29 is 4.74 Å². The molecule has 2 N–H and O–H groups in total. The third-order valence-corrected chi connectivity index (χ3v) is 4.45. The van der Waals surface area contributed by atoms with Crippen LogP contribution in [0.15, 0.2) is 29.3 Å². The number of rotatable bonds is 10. The van der Waals surface area contributed by atoms with Crippen LogP contribution < -0.4 is 10.6 Å². The maximum atomic E-state index is 5.36. The molecule has 0 aliphatic carbocycles. The summed E-state index contributed by atoms with van der Waals surface area (Å²) in [5, 5.41) is 6.79. The molecule has 0 spiro atoms. The van der Waals surface area contributed by atoms with E-state index in [1.807, 2.05) is 6.92 Å². The molecule has 5 nitrogen and oxygen atoms in total. The van der Waals surface area contributed by atoms with Crippen molar-refractivity contribution in [3.05, 3.63) is 35.4 Å². The predicted octanol–water partition coefficient (Wildman–Crippen LogP) is 2.42. The van der Waals surface area contributed by atoms with E-state index in [0.717, 1.165) is 77.7 Å². The Morgan fingerprint density at radius 1 is 1.16 bits per heavy atom. The van der Waals surface area contributed by atoms with Crippen molar-refractivity contribution in [2.24, 2.45) is 4.99 Å². The SMILES string of the molecule is CCNC(=NCCCCOCC)NCCN1CCc2ccccc2C1. The molecule has 5 heteroatoms. The van der Waals surface area contributed by atoms with Crippen LogP contribution in [-0.4, -0.2) is 56.8 Å². The number of hydrogen-bond acceptors (Lipinski definition) is 3. The summed E-state index contributed by atoms with van der Waals surface area (Å²) in [5.41, 5.74) is 2.98. The Morgan fingerprint density at radius 3 is 2.80 bits per heavy atom. The maximum absolute atomic E-state index is 5.36. The molecule has 140 valence electrons. The average Bonchev–Trinajstić information content (AvgIpc) is 2.64. The van der Waals surface area contributed by atoms with Crippen LogP contribution in [0, 0.1) is 0 Å². The molecule has 25 heavy (non-hydrogen) atoms. The predicted molar refractivity (Wildman–Crippen MR) is 105 cm³/mol. The third kappa shape index (κ3) is 7.45. The summed E-state index contributed by atoms with van der Waals surface area (Å²) in [6.45, 7) is 11.7. The van der Waals surface area contributed by atoms with Gasteiger partial charge in [-0.2, -0.15) is 0 Å². The van der Waals surface area contributed by atoms with Crippen molar-refractivity contribution in [2.75, 3.05) is 45.9 Å². The number of guanidine groups is 1. The Hall–Kier alpha value is -1.59. The second-order valence-electron chi connectivity index (χ2n) is 6.39. The summed E-state index contributed by atoms with van der Waals surface area (Å²) in [4.78, 5) is 7.16. The van der Waals surface area contributed by atoms with E-state index in [4.69, 9.17) is 4.74 Å². The number of aliphatic imine (C=N–C) groups is 1. The zero-order chi connectivity index (χ0) is 17.7. The highest BCUT2D eigenvalue weighted by atomic mass is 16.5. The molecule has 2 rings (SSSR count). The standard InChI is InChI=1S/C20H34N4O/c1-3-21-20(22-12-7-8-16-25-4-2)23-13-15-24-14-11-18-9-5-6-10-19(18)17-24/h5-6,9-10H,3-4,7-8,11-17H2,1-2H3,(H2,21,22,23). The Morgan fingerprint density at radius 2 is 2.00 bits per heavy atom. The van der Waals surface area contributed by atoms with E-state index >= 15 is 0 Å². The van der Waals surface area contributed by atoms with Crippen LogP contribution >= 0.6 is 0 Å². The van der Waals surface area contributed by atoms with Crippen LogP contribution in [0.25, 0.3) is 0 Å². The molecule has 0 radical (unpaired) electrons. The maximum Gasteiger partial charge on any atom is 0.191 e. The Balaban J connectivity index is 1.67. The smallest absolute Gasteiger partial charge is 0.191 e. The molecule has 0 atom stereocenters. The van der Waals surface area contributed by atoms with E-state index in [1.54, 1.807) is 0 Å². The normalized spacial score (nSPS) is 15.0. The summed E-state index contributed by atoms with van der Waals surface area (Å²) in [7, 11) is 0. The summed E-state index contributed by atoms with van der Waals surface area (Å²) in [6.07, 6.45) is 3.30. The van der Waals surface area contributed by atoms with Crippen molar-refractivity contribution >= 4 is 5.96 Å². The molecule has 1 heterocycles. The van der Waals surface area contributed by atoms with Crippen LogP contribution in [0.2, 0.25) is 0 Å². The lowest BCUT2D eigenvalue weighted by molar-refractivity contribution is 0.144. The van der Waals surface area contributed by atoms with E-state index < -0.39 is 0 Å². The van der Waals surface area contributed by atoms with Gasteiger partial charge in [-0.15, -0.1) is 0 Å². The molecule has 0 aromatic heterocycles. The third-order valence-electron chi connectivity index (χ3n) is 4.45. The largest absolute Gasteiger partial charge is 0.382 e. The van der Waals surface area contributed by atoms with Crippen LogP contribution in [-0.2, 0) is 17.7 Å². The first-order valence-corrected chi connectivity index (χ1v) is 9.72. The number of nitrogens with zero attached hydrogens (tertiary/aromatic N) is 2. The minimum atomic E-state index is 0.800. The van der Waals surface area contributed by atoms with Crippen molar-refractivity contribution in [1.82, 2.24) is 15.5 Å². The minimum absolute atomic E-state index is 0.800. The van der Waals surface area contributed by atoms with Gasteiger partial charge in [0.1, 0.15) is 0 Å². The quantitative estimate of drug-likeness (QED) is 0.388. The van der Waals surface area contributed by atoms with E-state index in [1.165, 1.54) is 11.1 Å². The molecule has 1 aromatic rings. The van der Waals surface area contributed by atoms with Crippen molar-refractivity contribution in [3.63, 3.8) is 0 Å². The average molecular weight is 347 g/mol. The molecule has 0 saturated carbocycles. The van der Waals surface area contributed by atoms with Gasteiger partial charge >= 0.3 is 0 Å². The summed E-state index contributed by atoms with van der Waals surface area (Å²) in [6, 6.07) is 8.79. The fraction of sp³-hybridized carbons (Fsp3) is 0.650. The van der Waals surface area contributed by atoms with Crippen LogP contribution in [0.4, 0.5) is 0 Å². The molecular formula is C20H34N4O. The summed E-state index contributed by atoms with van der Waals surface area (Å²) < 4.78 is 5.36. The van der Waals surface area contributed by atoms with Crippen LogP contribution in [0.3, 0.4) is 0 Å². The van der Waals surface area contributed by atoms with Crippen LogP contribution in [0.5, 0.6) is 0 Å². The molecule has 0 amide bonds. The molecule has 1 aliphatic rings. The van der Waals surface area contributed by atoms with Crippen LogP contribution in [0.1, 0.15) is 37.8 Å². The lowest BCUT2D eigenvalue weighted by Crippen LogP contribution is -2.42. The van der Waals surface area contributed by atoms with Gasteiger partial charge in [-0.3, -0.25) is 9.89 Å². The molecule has 0 saturated heterocycles.